The number of thioether (sulfide) groups is 1. The average molecular weight is 315 g/mol. The zero-order valence-corrected chi connectivity index (χ0v) is 13.2. The SMILES string of the molecule is CCNC1C(=O)Nc2cc(SCCCOC)c(Cl)cc21. The number of ether oxygens (including phenoxy) is 1. The smallest absolute Gasteiger partial charge is 0.246 e. The van der Waals surface area contributed by atoms with Gasteiger partial charge < -0.3 is 15.4 Å². The summed E-state index contributed by atoms with van der Waals surface area (Å²) in [4.78, 5) is 12.9. The van der Waals surface area contributed by atoms with Crippen molar-refractivity contribution < 1.29 is 9.53 Å². The lowest BCUT2D eigenvalue weighted by Crippen LogP contribution is -2.27. The van der Waals surface area contributed by atoms with Gasteiger partial charge in [0, 0.05) is 35.6 Å². The minimum Gasteiger partial charge on any atom is -0.385 e. The first kappa shape index (κ1) is 15.6. The highest BCUT2D eigenvalue weighted by atomic mass is 35.5. The van der Waals surface area contributed by atoms with Crippen molar-refractivity contribution in [3.63, 3.8) is 0 Å². The Morgan fingerprint density at radius 3 is 3.00 bits per heavy atom. The summed E-state index contributed by atoms with van der Waals surface area (Å²) in [5.41, 5.74) is 1.79. The molecule has 0 saturated heterocycles. The Morgan fingerprint density at radius 2 is 2.30 bits per heavy atom. The number of nitrogens with one attached hydrogen (secondary N) is 2. The molecule has 0 saturated carbocycles. The highest BCUT2D eigenvalue weighted by Gasteiger charge is 2.30. The number of fused-ring (bicyclic) bond motifs is 1. The molecular formula is C14H19ClN2O2S. The maximum Gasteiger partial charge on any atom is 0.246 e. The van der Waals surface area contributed by atoms with Gasteiger partial charge in [0.25, 0.3) is 0 Å². The van der Waals surface area contributed by atoms with Gasteiger partial charge in [0.1, 0.15) is 6.04 Å². The lowest BCUT2D eigenvalue weighted by molar-refractivity contribution is -0.117. The molecule has 1 heterocycles. The maximum atomic E-state index is 11.9. The monoisotopic (exact) mass is 314 g/mol. The molecule has 1 aromatic carbocycles. The minimum absolute atomic E-state index is 0.0144. The third-order valence-electron chi connectivity index (χ3n) is 3.09. The number of hydrogen-bond acceptors (Lipinski definition) is 4. The number of benzene rings is 1. The van der Waals surface area contributed by atoms with Crippen LogP contribution in [0.3, 0.4) is 0 Å². The van der Waals surface area contributed by atoms with Gasteiger partial charge in [-0.05, 0) is 25.1 Å². The van der Waals surface area contributed by atoms with Gasteiger partial charge >= 0.3 is 0 Å². The van der Waals surface area contributed by atoms with Crippen molar-refractivity contribution in [2.45, 2.75) is 24.3 Å². The first-order chi connectivity index (χ1) is 9.67. The number of methoxy groups -OCH3 is 1. The Hall–Kier alpha value is -0.750. The number of likely N-dealkylation sites (N-methyl/N-ethyl adjacent to an activating group) is 1. The van der Waals surface area contributed by atoms with Crippen LogP contribution in [-0.4, -0.2) is 31.9 Å². The van der Waals surface area contributed by atoms with Gasteiger partial charge in [-0.3, -0.25) is 4.79 Å². The van der Waals surface area contributed by atoms with Crippen LogP contribution in [0.5, 0.6) is 0 Å². The summed E-state index contributed by atoms with van der Waals surface area (Å²) < 4.78 is 5.03. The zero-order chi connectivity index (χ0) is 14.5. The first-order valence-electron chi connectivity index (χ1n) is 6.66. The fourth-order valence-electron chi connectivity index (χ4n) is 2.16. The van der Waals surface area contributed by atoms with E-state index in [4.69, 9.17) is 16.3 Å². The fraction of sp³-hybridized carbons (Fsp3) is 0.500. The van der Waals surface area contributed by atoms with Gasteiger partial charge in [-0.1, -0.05) is 18.5 Å². The summed E-state index contributed by atoms with van der Waals surface area (Å²) in [7, 11) is 1.70. The Balaban J connectivity index is 2.11. The van der Waals surface area contributed by atoms with Crippen molar-refractivity contribution in [2.24, 2.45) is 0 Å². The van der Waals surface area contributed by atoms with E-state index in [-0.39, 0.29) is 11.9 Å². The first-order valence-corrected chi connectivity index (χ1v) is 8.03. The number of anilines is 1. The van der Waals surface area contributed by atoms with E-state index >= 15 is 0 Å². The quantitative estimate of drug-likeness (QED) is 0.600. The second kappa shape index (κ2) is 7.31. The van der Waals surface area contributed by atoms with Crippen LogP contribution in [0, 0.1) is 0 Å². The molecule has 1 atom stereocenters. The number of carbonyl (C=O) groups excluding carboxylic acids is 1. The van der Waals surface area contributed by atoms with Gasteiger partial charge in [-0.2, -0.15) is 0 Å². The summed E-state index contributed by atoms with van der Waals surface area (Å²) in [5.74, 6) is 0.927. The standard InChI is InChI=1S/C14H19ClN2O2S/c1-3-16-13-9-7-10(15)12(20-6-4-5-19-2)8-11(9)17-14(13)18/h7-8,13,16H,3-6H2,1-2H3,(H,17,18). The van der Waals surface area contributed by atoms with E-state index in [9.17, 15) is 4.79 Å². The molecule has 4 nitrogen and oxygen atoms in total. The molecule has 0 bridgehead atoms. The number of rotatable bonds is 7. The van der Waals surface area contributed by atoms with Crippen LogP contribution in [0.2, 0.25) is 5.02 Å². The Kier molecular flexibility index (Phi) is 5.72. The molecule has 1 amide bonds. The highest BCUT2D eigenvalue weighted by Crippen LogP contribution is 2.38. The second-order valence-electron chi connectivity index (χ2n) is 4.54. The van der Waals surface area contributed by atoms with Crippen LogP contribution in [0.1, 0.15) is 24.9 Å². The molecule has 1 unspecified atom stereocenters. The average Bonchev–Trinajstić information content (AvgIpc) is 2.71. The van der Waals surface area contributed by atoms with Crippen LogP contribution in [0.15, 0.2) is 17.0 Å². The number of halogens is 1. The molecule has 1 aliphatic heterocycles. The van der Waals surface area contributed by atoms with Crippen LogP contribution in [-0.2, 0) is 9.53 Å². The third-order valence-corrected chi connectivity index (χ3v) is 4.66. The van der Waals surface area contributed by atoms with Crippen molar-refractivity contribution in [1.82, 2.24) is 5.32 Å². The molecule has 6 heteroatoms. The van der Waals surface area contributed by atoms with Crippen LogP contribution in [0.4, 0.5) is 5.69 Å². The number of carbonyl (C=O) groups is 1. The van der Waals surface area contributed by atoms with Crippen LogP contribution < -0.4 is 10.6 Å². The van der Waals surface area contributed by atoms with E-state index in [0.29, 0.717) is 5.02 Å². The molecule has 0 aromatic heterocycles. The van der Waals surface area contributed by atoms with E-state index in [0.717, 1.165) is 41.5 Å². The van der Waals surface area contributed by atoms with Crippen molar-refractivity contribution >= 4 is 35.0 Å². The van der Waals surface area contributed by atoms with Crippen molar-refractivity contribution in [3.8, 4) is 0 Å². The molecule has 0 spiro atoms. The van der Waals surface area contributed by atoms with E-state index in [1.54, 1.807) is 18.9 Å². The highest BCUT2D eigenvalue weighted by molar-refractivity contribution is 7.99. The molecule has 110 valence electrons. The van der Waals surface area contributed by atoms with Crippen LogP contribution in [0.25, 0.3) is 0 Å². The Bertz CT molecular complexity index is 496. The zero-order valence-electron chi connectivity index (χ0n) is 11.7. The molecule has 2 N–H and O–H groups in total. The number of hydrogen-bond donors (Lipinski definition) is 2. The summed E-state index contributed by atoms with van der Waals surface area (Å²) in [6.07, 6.45) is 0.973. The Labute approximate surface area is 128 Å². The molecule has 1 aliphatic rings. The topological polar surface area (TPSA) is 50.4 Å². The van der Waals surface area contributed by atoms with Gasteiger partial charge in [-0.25, -0.2) is 0 Å². The largest absolute Gasteiger partial charge is 0.385 e. The predicted octanol–water partition coefficient (Wildman–Crippen LogP) is 3.07. The normalized spacial score (nSPS) is 17.1. The van der Waals surface area contributed by atoms with Gasteiger partial charge in [0.15, 0.2) is 0 Å². The van der Waals surface area contributed by atoms with Crippen LogP contribution >= 0.6 is 23.4 Å². The second-order valence-corrected chi connectivity index (χ2v) is 6.09. The summed E-state index contributed by atoms with van der Waals surface area (Å²) in [5, 5.41) is 6.77. The molecule has 0 fully saturated rings. The van der Waals surface area contributed by atoms with Crippen molar-refractivity contribution in [1.29, 1.82) is 0 Å². The molecule has 1 aromatic rings. The van der Waals surface area contributed by atoms with Gasteiger partial charge in [0.2, 0.25) is 5.91 Å². The minimum atomic E-state index is -0.292. The van der Waals surface area contributed by atoms with E-state index < -0.39 is 0 Å². The van der Waals surface area contributed by atoms with E-state index in [1.807, 2.05) is 19.1 Å². The Morgan fingerprint density at radius 1 is 1.50 bits per heavy atom. The summed E-state index contributed by atoms with van der Waals surface area (Å²) in [6.45, 7) is 3.46. The van der Waals surface area contributed by atoms with Crippen molar-refractivity contribution in [2.75, 3.05) is 31.3 Å². The third kappa shape index (κ3) is 3.47. The molecule has 0 radical (unpaired) electrons. The molecule has 20 heavy (non-hydrogen) atoms. The number of amides is 1. The summed E-state index contributed by atoms with van der Waals surface area (Å²) in [6, 6.07) is 3.56. The lowest BCUT2D eigenvalue weighted by Gasteiger charge is -2.11. The van der Waals surface area contributed by atoms with Gasteiger partial charge in [-0.15, -0.1) is 11.8 Å². The molecule has 2 rings (SSSR count). The lowest BCUT2D eigenvalue weighted by atomic mass is 10.1. The molecule has 0 aliphatic carbocycles. The maximum absolute atomic E-state index is 11.9. The molecular weight excluding hydrogens is 296 g/mol. The summed E-state index contributed by atoms with van der Waals surface area (Å²) >= 11 is 8.00. The predicted molar refractivity (Wildman–Crippen MR) is 83.7 cm³/mol. The van der Waals surface area contributed by atoms with E-state index in [2.05, 4.69) is 10.6 Å². The van der Waals surface area contributed by atoms with E-state index in [1.165, 1.54) is 0 Å². The van der Waals surface area contributed by atoms with Gasteiger partial charge in [0.05, 0.1) is 5.02 Å². The van der Waals surface area contributed by atoms with Crippen molar-refractivity contribution in [3.05, 3.63) is 22.7 Å². The fourth-order valence-corrected chi connectivity index (χ4v) is 3.38.